The molecule has 0 saturated carbocycles. The van der Waals surface area contributed by atoms with Crippen LogP contribution in [0.5, 0.6) is 17.2 Å². The lowest BCUT2D eigenvalue weighted by molar-refractivity contribution is 0.339. The number of halogens is 1. The minimum atomic E-state index is -0.0330. The Morgan fingerprint density at radius 3 is 2.31 bits per heavy atom. The summed E-state index contributed by atoms with van der Waals surface area (Å²) in [6.45, 7) is 4.61. The molecule has 2 rings (SSSR count). The third-order valence-electron chi connectivity index (χ3n) is 3.80. The topological polar surface area (TPSA) is 89.1 Å². The first-order chi connectivity index (χ1) is 11.9. The van der Waals surface area contributed by atoms with Gasteiger partial charge in [0, 0.05) is 5.69 Å². The van der Waals surface area contributed by atoms with E-state index in [0.29, 0.717) is 29.9 Å². The molecule has 0 amide bonds. The van der Waals surface area contributed by atoms with Gasteiger partial charge in [0.25, 0.3) is 0 Å². The number of nitrogens with two attached hydrogens (primary N) is 1. The van der Waals surface area contributed by atoms with E-state index in [1.165, 1.54) is 19.8 Å². The summed E-state index contributed by atoms with van der Waals surface area (Å²) < 4.78 is 10.3. The fourth-order valence-corrected chi connectivity index (χ4v) is 2.38. The summed E-state index contributed by atoms with van der Waals surface area (Å²) in [6.07, 6.45) is 0. The van der Waals surface area contributed by atoms with E-state index in [1.54, 1.807) is 12.1 Å². The maximum Gasteiger partial charge on any atom is 0.200 e. The second-order valence-corrected chi connectivity index (χ2v) is 5.96. The SMILES string of the molecule is COc1cc(CN=C(N)Nc2cccc(C(C)C)c2)cc(OC)c1O.I. The van der Waals surface area contributed by atoms with Crippen LogP contribution in [-0.2, 0) is 6.54 Å². The summed E-state index contributed by atoms with van der Waals surface area (Å²) in [6, 6.07) is 11.5. The molecule has 2 aromatic carbocycles. The van der Waals surface area contributed by atoms with Crippen molar-refractivity contribution in [1.29, 1.82) is 0 Å². The Balaban J connectivity index is 0.00000338. The molecule has 0 aliphatic carbocycles. The number of hydrogen-bond donors (Lipinski definition) is 3. The fourth-order valence-electron chi connectivity index (χ4n) is 2.38. The molecule has 0 atom stereocenters. The minimum Gasteiger partial charge on any atom is -0.502 e. The van der Waals surface area contributed by atoms with E-state index in [-0.39, 0.29) is 29.7 Å². The van der Waals surface area contributed by atoms with Crippen LogP contribution in [0.4, 0.5) is 5.69 Å². The second kappa shape index (κ2) is 10.1. The van der Waals surface area contributed by atoms with Crippen LogP contribution in [0.1, 0.15) is 30.9 Å². The van der Waals surface area contributed by atoms with E-state index >= 15 is 0 Å². The van der Waals surface area contributed by atoms with Gasteiger partial charge in [-0.3, -0.25) is 0 Å². The Labute approximate surface area is 171 Å². The van der Waals surface area contributed by atoms with Gasteiger partial charge in [0.05, 0.1) is 20.8 Å². The number of anilines is 1. The summed E-state index contributed by atoms with van der Waals surface area (Å²) in [5.41, 5.74) is 8.91. The van der Waals surface area contributed by atoms with E-state index in [2.05, 4.69) is 36.3 Å². The number of nitrogens with one attached hydrogen (secondary N) is 1. The van der Waals surface area contributed by atoms with E-state index < -0.39 is 0 Å². The van der Waals surface area contributed by atoms with E-state index in [9.17, 15) is 5.11 Å². The van der Waals surface area contributed by atoms with Gasteiger partial charge in [-0.25, -0.2) is 4.99 Å². The Bertz CT molecular complexity index is 738. The van der Waals surface area contributed by atoms with Gasteiger partial charge in [-0.2, -0.15) is 0 Å². The highest BCUT2D eigenvalue weighted by Crippen LogP contribution is 2.37. The van der Waals surface area contributed by atoms with Gasteiger partial charge in [-0.15, -0.1) is 24.0 Å². The molecule has 0 saturated heterocycles. The molecule has 4 N–H and O–H groups in total. The molecular formula is C19H26IN3O3. The number of benzene rings is 2. The van der Waals surface area contributed by atoms with Gasteiger partial charge < -0.3 is 25.6 Å². The zero-order valence-corrected chi connectivity index (χ0v) is 17.8. The minimum absolute atomic E-state index is 0. The van der Waals surface area contributed by atoms with Crippen LogP contribution in [-0.4, -0.2) is 25.3 Å². The summed E-state index contributed by atoms with van der Waals surface area (Å²) in [4.78, 5) is 4.34. The number of ether oxygens (including phenoxy) is 2. The molecule has 0 aromatic heterocycles. The first-order valence-electron chi connectivity index (χ1n) is 8.05. The van der Waals surface area contributed by atoms with Gasteiger partial charge in [-0.05, 0) is 41.3 Å². The molecule has 0 spiro atoms. The van der Waals surface area contributed by atoms with E-state index in [0.717, 1.165) is 11.3 Å². The number of methoxy groups -OCH3 is 2. The maximum absolute atomic E-state index is 9.93. The van der Waals surface area contributed by atoms with Crippen LogP contribution >= 0.6 is 24.0 Å². The van der Waals surface area contributed by atoms with Crippen LogP contribution in [0.15, 0.2) is 41.4 Å². The molecule has 6 nitrogen and oxygen atoms in total. The van der Waals surface area contributed by atoms with Crippen molar-refractivity contribution in [2.45, 2.75) is 26.3 Å². The molecule has 7 heteroatoms. The van der Waals surface area contributed by atoms with Crippen molar-refractivity contribution in [3.8, 4) is 17.2 Å². The fraction of sp³-hybridized carbons (Fsp3) is 0.316. The number of rotatable bonds is 6. The van der Waals surface area contributed by atoms with Gasteiger partial charge in [0.15, 0.2) is 17.5 Å². The van der Waals surface area contributed by atoms with Crippen LogP contribution in [0, 0.1) is 0 Å². The van der Waals surface area contributed by atoms with Crippen molar-refractivity contribution in [2.75, 3.05) is 19.5 Å². The molecule has 2 aromatic rings. The van der Waals surface area contributed by atoms with Gasteiger partial charge >= 0.3 is 0 Å². The first kappa shape index (κ1) is 21.9. The molecule has 0 bridgehead atoms. The molecule has 0 unspecified atom stereocenters. The Hall–Kier alpha value is -2.16. The highest BCUT2D eigenvalue weighted by atomic mass is 127. The molecule has 0 heterocycles. The van der Waals surface area contributed by atoms with Crippen molar-refractivity contribution in [3.63, 3.8) is 0 Å². The summed E-state index contributed by atoms with van der Waals surface area (Å²) in [5.74, 6) is 1.39. The zero-order valence-electron chi connectivity index (χ0n) is 15.4. The Kier molecular flexibility index (Phi) is 8.50. The summed E-state index contributed by atoms with van der Waals surface area (Å²) in [5, 5.41) is 13.0. The number of phenols is 1. The third kappa shape index (κ3) is 5.69. The number of aliphatic imine (C=N–C) groups is 1. The molecule has 0 aliphatic heterocycles. The highest BCUT2D eigenvalue weighted by molar-refractivity contribution is 14.0. The Morgan fingerprint density at radius 2 is 1.77 bits per heavy atom. The molecular weight excluding hydrogens is 445 g/mol. The number of phenolic OH excluding ortho intramolecular Hbond substituents is 1. The van der Waals surface area contributed by atoms with Gasteiger partial charge in [-0.1, -0.05) is 26.0 Å². The first-order valence-corrected chi connectivity index (χ1v) is 8.05. The van der Waals surface area contributed by atoms with Crippen molar-refractivity contribution >= 4 is 35.6 Å². The van der Waals surface area contributed by atoms with Crippen molar-refractivity contribution in [3.05, 3.63) is 47.5 Å². The van der Waals surface area contributed by atoms with E-state index in [1.807, 2.05) is 12.1 Å². The number of nitrogens with zero attached hydrogens (tertiary/aromatic N) is 1. The maximum atomic E-state index is 9.93. The van der Waals surface area contributed by atoms with Crippen LogP contribution in [0.25, 0.3) is 0 Å². The van der Waals surface area contributed by atoms with Crippen LogP contribution < -0.4 is 20.5 Å². The molecule has 0 fully saturated rings. The van der Waals surface area contributed by atoms with Crippen molar-refractivity contribution in [2.24, 2.45) is 10.7 Å². The Morgan fingerprint density at radius 1 is 1.15 bits per heavy atom. The highest BCUT2D eigenvalue weighted by Gasteiger charge is 2.11. The smallest absolute Gasteiger partial charge is 0.200 e. The van der Waals surface area contributed by atoms with Crippen molar-refractivity contribution in [1.82, 2.24) is 0 Å². The van der Waals surface area contributed by atoms with E-state index in [4.69, 9.17) is 15.2 Å². The number of hydrogen-bond acceptors (Lipinski definition) is 4. The standard InChI is InChI=1S/C19H25N3O3.HI/c1-12(2)14-6-5-7-15(10-14)22-19(20)21-11-13-8-16(24-3)18(23)17(9-13)25-4;/h5-10,12,23H,11H2,1-4H3,(H3,20,21,22);1H. The molecule has 0 radical (unpaired) electrons. The quantitative estimate of drug-likeness (QED) is 0.336. The van der Waals surface area contributed by atoms with Crippen molar-refractivity contribution < 1.29 is 14.6 Å². The normalized spacial score (nSPS) is 11.0. The van der Waals surface area contributed by atoms with Gasteiger partial charge in [0.2, 0.25) is 5.75 Å². The van der Waals surface area contributed by atoms with Crippen LogP contribution in [0.2, 0.25) is 0 Å². The second-order valence-electron chi connectivity index (χ2n) is 5.96. The predicted octanol–water partition coefficient (Wildman–Crippen LogP) is 4.08. The molecule has 26 heavy (non-hydrogen) atoms. The predicted molar refractivity (Wildman–Crippen MR) is 116 cm³/mol. The van der Waals surface area contributed by atoms with Crippen LogP contribution in [0.3, 0.4) is 0 Å². The number of aromatic hydroxyl groups is 1. The summed E-state index contributed by atoms with van der Waals surface area (Å²) >= 11 is 0. The van der Waals surface area contributed by atoms with Gasteiger partial charge in [0.1, 0.15) is 0 Å². The number of guanidine groups is 1. The molecule has 142 valence electrons. The molecule has 0 aliphatic rings. The monoisotopic (exact) mass is 471 g/mol. The third-order valence-corrected chi connectivity index (χ3v) is 3.80. The largest absolute Gasteiger partial charge is 0.502 e. The average molecular weight is 471 g/mol. The zero-order chi connectivity index (χ0) is 18.4. The lowest BCUT2D eigenvalue weighted by atomic mass is 10.0. The summed E-state index contributed by atoms with van der Waals surface area (Å²) in [7, 11) is 2.97. The average Bonchev–Trinajstić information content (AvgIpc) is 2.61. The lowest BCUT2D eigenvalue weighted by Crippen LogP contribution is -2.22. The lowest BCUT2D eigenvalue weighted by Gasteiger charge is -2.11.